The fourth-order valence-corrected chi connectivity index (χ4v) is 1.99. The fraction of sp³-hybridized carbons (Fsp3) is 0.133. The van der Waals surface area contributed by atoms with Crippen molar-refractivity contribution in [1.29, 1.82) is 0 Å². The van der Waals surface area contributed by atoms with Crippen LogP contribution in [0.2, 0.25) is 5.02 Å². The number of halogens is 5. The summed E-state index contributed by atoms with van der Waals surface area (Å²) in [6.45, 7) is -0.233. The number of alkyl halides is 3. The molecule has 9 heteroatoms. The predicted octanol–water partition coefficient (Wildman–Crippen LogP) is 4.43. The van der Waals surface area contributed by atoms with Crippen LogP contribution < -0.4 is 15.4 Å². The number of hydrogen-bond acceptors (Lipinski definition) is 3. The summed E-state index contributed by atoms with van der Waals surface area (Å²) in [5.41, 5.74) is 0.483. The second-order valence-corrected chi connectivity index (χ2v) is 5.01. The molecular formula is C15H11ClF4N2O2. The summed E-state index contributed by atoms with van der Waals surface area (Å²) < 4.78 is 53.1. The van der Waals surface area contributed by atoms with Crippen molar-refractivity contribution in [1.82, 2.24) is 0 Å². The Morgan fingerprint density at radius 1 is 1.17 bits per heavy atom. The van der Waals surface area contributed by atoms with Crippen LogP contribution in [0.4, 0.5) is 28.9 Å². The molecule has 128 valence electrons. The summed E-state index contributed by atoms with van der Waals surface area (Å²) in [5, 5.41) is 5.13. The Morgan fingerprint density at radius 2 is 1.92 bits per heavy atom. The molecule has 0 spiro atoms. The summed E-state index contributed by atoms with van der Waals surface area (Å²) in [5.74, 6) is -1.46. The van der Waals surface area contributed by atoms with Crippen molar-refractivity contribution in [2.45, 2.75) is 6.36 Å². The Labute approximate surface area is 139 Å². The minimum absolute atomic E-state index is 0.0314. The summed E-state index contributed by atoms with van der Waals surface area (Å²) in [6, 6.07) is 8.53. The van der Waals surface area contributed by atoms with Gasteiger partial charge in [0.2, 0.25) is 5.91 Å². The van der Waals surface area contributed by atoms with E-state index in [2.05, 4.69) is 15.4 Å². The lowest BCUT2D eigenvalue weighted by molar-refractivity contribution is -0.274. The van der Waals surface area contributed by atoms with Crippen LogP contribution in [-0.4, -0.2) is 18.8 Å². The van der Waals surface area contributed by atoms with Crippen LogP contribution in [0, 0.1) is 5.82 Å². The third-order valence-corrected chi connectivity index (χ3v) is 3.04. The van der Waals surface area contributed by atoms with E-state index in [0.717, 1.165) is 24.3 Å². The van der Waals surface area contributed by atoms with E-state index in [1.165, 1.54) is 18.2 Å². The molecule has 0 atom stereocenters. The van der Waals surface area contributed by atoms with Gasteiger partial charge in [-0.25, -0.2) is 4.39 Å². The molecule has 1 amide bonds. The highest BCUT2D eigenvalue weighted by molar-refractivity contribution is 6.33. The number of amides is 1. The van der Waals surface area contributed by atoms with Gasteiger partial charge in [0.15, 0.2) is 0 Å². The summed E-state index contributed by atoms with van der Waals surface area (Å²) in [4.78, 5) is 11.8. The molecule has 0 bridgehead atoms. The normalized spacial score (nSPS) is 11.0. The van der Waals surface area contributed by atoms with Gasteiger partial charge in [-0.15, -0.1) is 13.2 Å². The molecule has 2 N–H and O–H groups in total. The maximum absolute atomic E-state index is 12.9. The average molecular weight is 363 g/mol. The maximum Gasteiger partial charge on any atom is 0.573 e. The number of nitrogens with one attached hydrogen (secondary N) is 2. The largest absolute Gasteiger partial charge is 0.573 e. The highest BCUT2D eigenvalue weighted by Crippen LogP contribution is 2.25. The molecule has 0 heterocycles. The molecule has 2 aromatic rings. The van der Waals surface area contributed by atoms with Gasteiger partial charge < -0.3 is 15.4 Å². The number of hydrogen-bond donors (Lipinski definition) is 2. The van der Waals surface area contributed by atoms with Crippen molar-refractivity contribution < 1.29 is 27.1 Å². The number of anilines is 2. The average Bonchev–Trinajstić information content (AvgIpc) is 2.47. The summed E-state index contributed by atoms with van der Waals surface area (Å²) in [6.07, 6.45) is -4.80. The highest BCUT2D eigenvalue weighted by atomic mass is 35.5. The molecule has 0 aliphatic carbocycles. The van der Waals surface area contributed by atoms with Crippen LogP contribution in [-0.2, 0) is 4.79 Å². The molecule has 24 heavy (non-hydrogen) atoms. The molecule has 4 nitrogen and oxygen atoms in total. The van der Waals surface area contributed by atoms with Crippen LogP contribution in [0.25, 0.3) is 0 Å². The number of carbonyl (C=O) groups is 1. The third-order valence-electron chi connectivity index (χ3n) is 2.73. The zero-order valence-corrected chi connectivity index (χ0v) is 12.7. The molecule has 0 fully saturated rings. The topological polar surface area (TPSA) is 50.4 Å². The first-order valence-electron chi connectivity index (χ1n) is 6.57. The van der Waals surface area contributed by atoms with E-state index in [1.807, 2.05) is 0 Å². The number of rotatable bonds is 5. The maximum atomic E-state index is 12.9. The standard InChI is InChI=1S/C15H11ClF4N2O2/c16-12-6-9(17)4-5-13(12)22-14(23)8-21-10-2-1-3-11(7-10)24-15(18,19)20/h1-7,21H,8H2,(H,22,23). The smallest absolute Gasteiger partial charge is 0.406 e. The van der Waals surface area contributed by atoms with E-state index in [4.69, 9.17) is 11.6 Å². The lowest BCUT2D eigenvalue weighted by atomic mass is 10.3. The van der Waals surface area contributed by atoms with Crippen molar-refractivity contribution >= 4 is 28.9 Å². The zero-order chi connectivity index (χ0) is 17.7. The van der Waals surface area contributed by atoms with Gasteiger partial charge in [0.25, 0.3) is 0 Å². The Morgan fingerprint density at radius 3 is 2.58 bits per heavy atom. The van der Waals surface area contributed by atoms with Crippen LogP contribution in [0.5, 0.6) is 5.75 Å². The quantitative estimate of drug-likeness (QED) is 0.774. The van der Waals surface area contributed by atoms with E-state index >= 15 is 0 Å². The van der Waals surface area contributed by atoms with Crippen LogP contribution >= 0.6 is 11.6 Å². The Kier molecular flexibility index (Phi) is 5.50. The SMILES string of the molecule is O=C(CNc1cccc(OC(F)(F)F)c1)Nc1ccc(F)cc1Cl. The summed E-state index contributed by atoms with van der Waals surface area (Å²) in [7, 11) is 0. The van der Waals surface area contributed by atoms with Crippen molar-refractivity contribution in [3.8, 4) is 5.75 Å². The molecule has 0 saturated carbocycles. The second kappa shape index (κ2) is 7.39. The van der Waals surface area contributed by atoms with Crippen molar-refractivity contribution in [2.75, 3.05) is 17.2 Å². The lowest BCUT2D eigenvalue weighted by Gasteiger charge is -2.12. The van der Waals surface area contributed by atoms with Crippen LogP contribution in [0.3, 0.4) is 0 Å². The van der Waals surface area contributed by atoms with Gasteiger partial charge in [0.05, 0.1) is 17.3 Å². The van der Waals surface area contributed by atoms with Crippen molar-refractivity contribution in [3.63, 3.8) is 0 Å². The molecule has 0 aliphatic rings. The minimum Gasteiger partial charge on any atom is -0.406 e. The van der Waals surface area contributed by atoms with E-state index in [0.29, 0.717) is 0 Å². The van der Waals surface area contributed by atoms with Gasteiger partial charge in [-0.3, -0.25) is 4.79 Å². The fourth-order valence-electron chi connectivity index (χ4n) is 1.77. The molecule has 0 aromatic heterocycles. The monoisotopic (exact) mass is 362 g/mol. The molecular weight excluding hydrogens is 352 g/mol. The van der Waals surface area contributed by atoms with E-state index in [9.17, 15) is 22.4 Å². The Balaban J connectivity index is 1.93. The third kappa shape index (κ3) is 5.62. The highest BCUT2D eigenvalue weighted by Gasteiger charge is 2.31. The number of benzene rings is 2. The van der Waals surface area contributed by atoms with Crippen LogP contribution in [0.15, 0.2) is 42.5 Å². The first kappa shape index (κ1) is 17.9. The Bertz CT molecular complexity index is 738. The van der Waals surface area contributed by atoms with Gasteiger partial charge >= 0.3 is 6.36 Å². The minimum atomic E-state index is -4.80. The van der Waals surface area contributed by atoms with Crippen molar-refractivity contribution in [2.24, 2.45) is 0 Å². The van der Waals surface area contributed by atoms with Crippen LogP contribution in [0.1, 0.15) is 0 Å². The van der Waals surface area contributed by atoms with E-state index in [1.54, 1.807) is 0 Å². The molecule has 0 unspecified atom stereocenters. The molecule has 2 rings (SSSR count). The van der Waals surface area contributed by atoms with Gasteiger partial charge in [-0.2, -0.15) is 0 Å². The molecule has 0 radical (unpaired) electrons. The van der Waals surface area contributed by atoms with E-state index in [-0.39, 0.29) is 22.9 Å². The second-order valence-electron chi connectivity index (χ2n) is 4.60. The van der Waals surface area contributed by atoms with Gasteiger partial charge in [0, 0.05) is 11.8 Å². The lowest BCUT2D eigenvalue weighted by Crippen LogP contribution is -2.22. The molecule has 0 saturated heterocycles. The Hall–Kier alpha value is -2.48. The number of ether oxygens (including phenoxy) is 1. The molecule has 2 aromatic carbocycles. The zero-order valence-electron chi connectivity index (χ0n) is 12.0. The predicted molar refractivity (Wildman–Crippen MR) is 81.7 cm³/mol. The van der Waals surface area contributed by atoms with E-state index < -0.39 is 23.8 Å². The van der Waals surface area contributed by atoms with Crippen molar-refractivity contribution in [3.05, 3.63) is 53.3 Å². The first-order valence-corrected chi connectivity index (χ1v) is 6.95. The number of carbonyl (C=O) groups excluding carboxylic acids is 1. The van der Waals surface area contributed by atoms with Gasteiger partial charge in [0.1, 0.15) is 11.6 Å². The molecule has 0 aliphatic heterocycles. The first-order chi connectivity index (χ1) is 11.2. The van der Waals surface area contributed by atoms with Gasteiger partial charge in [-0.05, 0) is 30.3 Å². The van der Waals surface area contributed by atoms with Gasteiger partial charge in [-0.1, -0.05) is 17.7 Å². The summed E-state index contributed by atoms with van der Waals surface area (Å²) >= 11 is 5.77.